The van der Waals surface area contributed by atoms with E-state index in [0.717, 1.165) is 0 Å². The number of aliphatic hydroxyl groups is 6. The fraction of sp³-hybridized carbons (Fsp3) is 0.786. The standard InChI is InChI=1S/C14H25NO7/c1-2-10(18)14(22)13(21)9(6-17)15-8-3-7(5-16)12(20)11(19)4-8/h3,6,8-16,18-22H,2,4-5H2,1H3/t8?,9?,10?,11-,12?,13-,14-/m1/s1. The van der Waals surface area contributed by atoms with Crippen molar-refractivity contribution < 1.29 is 35.4 Å². The molecule has 0 spiro atoms. The van der Waals surface area contributed by atoms with Crippen LogP contribution in [-0.2, 0) is 4.79 Å². The fourth-order valence-corrected chi connectivity index (χ4v) is 2.47. The molecule has 1 aliphatic rings. The Hall–Kier alpha value is -0.870. The van der Waals surface area contributed by atoms with Crippen LogP contribution in [-0.4, -0.2) is 86.1 Å². The molecule has 0 bridgehead atoms. The molecule has 8 nitrogen and oxygen atoms in total. The SMILES string of the molecule is CCC(O)[C@@H](O)[C@H](O)C(C=O)NC1C=C(CO)C(O)[C@H](O)C1. The Kier molecular flexibility index (Phi) is 7.57. The van der Waals surface area contributed by atoms with Crippen LogP contribution in [0.25, 0.3) is 0 Å². The fourth-order valence-electron chi connectivity index (χ4n) is 2.47. The van der Waals surface area contributed by atoms with Crippen LogP contribution >= 0.6 is 0 Å². The van der Waals surface area contributed by atoms with E-state index in [2.05, 4.69) is 5.32 Å². The summed E-state index contributed by atoms with van der Waals surface area (Å²) in [5, 5.41) is 60.5. The van der Waals surface area contributed by atoms with Crippen molar-refractivity contribution in [3.8, 4) is 0 Å². The van der Waals surface area contributed by atoms with Gasteiger partial charge in [0.2, 0.25) is 0 Å². The average molecular weight is 319 g/mol. The minimum Gasteiger partial charge on any atom is -0.392 e. The predicted molar refractivity (Wildman–Crippen MR) is 76.9 cm³/mol. The van der Waals surface area contributed by atoms with Crippen molar-refractivity contribution in [3.63, 3.8) is 0 Å². The number of aldehydes is 1. The first-order valence-corrected chi connectivity index (χ1v) is 7.28. The molecule has 1 aliphatic carbocycles. The van der Waals surface area contributed by atoms with E-state index >= 15 is 0 Å². The second kappa shape index (κ2) is 8.68. The number of aliphatic hydroxyl groups excluding tert-OH is 6. The summed E-state index contributed by atoms with van der Waals surface area (Å²) in [7, 11) is 0. The van der Waals surface area contributed by atoms with Gasteiger partial charge in [-0.05, 0) is 18.4 Å². The lowest BCUT2D eigenvalue weighted by Crippen LogP contribution is -2.55. The van der Waals surface area contributed by atoms with Crippen LogP contribution in [0.5, 0.6) is 0 Å². The molecule has 0 aromatic rings. The molecule has 4 unspecified atom stereocenters. The molecule has 7 N–H and O–H groups in total. The number of carbonyl (C=O) groups is 1. The van der Waals surface area contributed by atoms with Gasteiger partial charge in [0.25, 0.3) is 0 Å². The molecule has 22 heavy (non-hydrogen) atoms. The predicted octanol–water partition coefficient (Wildman–Crippen LogP) is -2.95. The minimum absolute atomic E-state index is 0.0775. The average Bonchev–Trinajstić information content (AvgIpc) is 2.53. The van der Waals surface area contributed by atoms with E-state index in [4.69, 9.17) is 5.11 Å². The summed E-state index contributed by atoms with van der Waals surface area (Å²) < 4.78 is 0. The van der Waals surface area contributed by atoms with Gasteiger partial charge in [-0.15, -0.1) is 0 Å². The third-order valence-electron chi connectivity index (χ3n) is 3.92. The van der Waals surface area contributed by atoms with Gasteiger partial charge in [-0.25, -0.2) is 0 Å². The Morgan fingerprint density at radius 2 is 1.95 bits per heavy atom. The highest BCUT2D eigenvalue weighted by atomic mass is 16.4. The highest BCUT2D eigenvalue weighted by Gasteiger charge is 2.34. The Morgan fingerprint density at radius 3 is 2.45 bits per heavy atom. The summed E-state index contributed by atoms with van der Waals surface area (Å²) in [6.07, 6.45) is -4.29. The summed E-state index contributed by atoms with van der Waals surface area (Å²) >= 11 is 0. The highest BCUT2D eigenvalue weighted by molar-refractivity contribution is 5.59. The number of hydrogen-bond acceptors (Lipinski definition) is 8. The topological polar surface area (TPSA) is 150 Å². The summed E-state index contributed by atoms with van der Waals surface area (Å²) in [4.78, 5) is 11.1. The van der Waals surface area contributed by atoms with Crippen LogP contribution in [0.15, 0.2) is 11.6 Å². The van der Waals surface area contributed by atoms with Crippen molar-refractivity contribution in [2.24, 2.45) is 0 Å². The normalized spacial score (nSPS) is 31.0. The molecule has 7 atom stereocenters. The minimum atomic E-state index is -1.53. The zero-order valence-electron chi connectivity index (χ0n) is 12.4. The van der Waals surface area contributed by atoms with Gasteiger partial charge in [-0.3, -0.25) is 5.32 Å². The zero-order chi connectivity index (χ0) is 16.9. The molecule has 0 heterocycles. The molecule has 1 rings (SSSR count). The molecule has 0 saturated heterocycles. The molecule has 0 aromatic carbocycles. The highest BCUT2D eigenvalue weighted by Crippen LogP contribution is 2.20. The number of carbonyl (C=O) groups excluding carboxylic acids is 1. The van der Waals surface area contributed by atoms with E-state index < -0.39 is 49.2 Å². The van der Waals surface area contributed by atoms with Crippen LogP contribution in [0.1, 0.15) is 19.8 Å². The van der Waals surface area contributed by atoms with Crippen molar-refractivity contribution in [3.05, 3.63) is 11.6 Å². The maximum absolute atomic E-state index is 11.1. The molecule has 128 valence electrons. The zero-order valence-corrected chi connectivity index (χ0v) is 12.4. The Balaban J connectivity index is 2.77. The first-order valence-electron chi connectivity index (χ1n) is 7.28. The van der Waals surface area contributed by atoms with Gasteiger partial charge in [0, 0.05) is 6.04 Å². The number of rotatable bonds is 8. The largest absolute Gasteiger partial charge is 0.392 e. The summed E-state index contributed by atoms with van der Waals surface area (Å²) in [6, 6.07) is -1.74. The van der Waals surface area contributed by atoms with E-state index in [9.17, 15) is 30.3 Å². The molecule has 0 amide bonds. The van der Waals surface area contributed by atoms with Crippen LogP contribution in [0.2, 0.25) is 0 Å². The van der Waals surface area contributed by atoms with Gasteiger partial charge < -0.3 is 35.4 Å². The first kappa shape index (κ1) is 19.2. The van der Waals surface area contributed by atoms with Crippen LogP contribution in [0, 0.1) is 0 Å². The van der Waals surface area contributed by atoms with E-state index in [-0.39, 0.29) is 18.4 Å². The van der Waals surface area contributed by atoms with Crippen molar-refractivity contribution in [2.75, 3.05) is 6.61 Å². The first-order chi connectivity index (χ1) is 10.3. The van der Waals surface area contributed by atoms with Gasteiger partial charge in [0.05, 0.1) is 24.9 Å². The van der Waals surface area contributed by atoms with Crippen LogP contribution in [0.4, 0.5) is 0 Å². The lowest BCUT2D eigenvalue weighted by Gasteiger charge is -2.33. The molecular formula is C14H25NO7. The van der Waals surface area contributed by atoms with Crippen molar-refractivity contribution >= 4 is 6.29 Å². The van der Waals surface area contributed by atoms with Crippen molar-refractivity contribution in [1.29, 1.82) is 0 Å². The van der Waals surface area contributed by atoms with E-state index in [1.165, 1.54) is 6.08 Å². The molecule has 0 saturated carbocycles. The van der Waals surface area contributed by atoms with E-state index in [0.29, 0.717) is 6.29 Å². The van der Waals surface area contributed by atoms with Gasteiger partial charge in [-0.1, -0.05) is 13.0 Å². The Morgan fingerprint density at radius 1 is 1.32 bits per heavy atom. The van der Waals surface area contributed by atoms with E-state index in [1.807, 2.05) is 0 Å². The maximum atomic E-state index is 11.1. The second-order valence-corrected chi connectivity index (χ2v) is 5.54. The third kappa shape index (κ3) is 4.56. The van der Waals surface area contributed by atoms with Gasteiger partial charge >= 0.3 is 0 Å². The monoisotopic (exact) mass is 319 g/mol. The molecule has 0 fully saturated rings. The van der Waals surface area contributed by atoms with Gasteiger partial charge in [0.1, 0.15) is 24.6 Å². The maximum Gasteiger partial charge on any atom is 0.139 e. The van der Waals surface area contributed by atoms with Gasteiger partial charge in [-0.2, -0.15) is 0 Å². The van der Waals surface area contributed by atoms with Crippen molar-refractivity contribution in [1.82, 2.24) is 5.32 Å². The molecule has 8 heteroatoms. The molecular weight excluding hydrogens is 294 g/mol. The smallest absolute Gasteiger partial charge is 0.139 e. The number of nitrogens with one attached hydrogen (secondary N) is 1. The van der Waals surface area contributed by atoms with Crippen LogP contribution < -0.4 is 5.32 Å². The van der Waals surface area contributed by atoms with Gasteiger partial charge in [0.15, 0.2) is 0 Å². The third-order valence-corrected chi connectivity index (χ3v) is 3.92. The lowest BCUT2D eigenvalue weighted by molar-refractivity contribution is -0.119. The summed E-state index contributed by atoms with van der Waals surface area (Å²) in [5.74, 6) is 0. The van der Waals surface area contributed by atoms with E-state index in [1.54, 1.807) is 6.92 Å². The van der Waals surface area contributed by atoms with Crippen LogP contribution in [0.3, 0.4) is 0 Å². The number of hydrogen-bond donors (Lipinski definition) is 7. The second-order valence-electron chi connectivity index (χ2n) is 5.54. The molecule has 0 aliphatic heterocycles. The molecule has 0 radical (unpaired) electrons. The quantitative estimate of drug-likeness (QED) is 0.185. The summed E-state index contributed by atoms with van der Waals surface area (Å²) in [6.45, 7) is 1.18. The molecule has 0 aromatic heterocycles. The Labute approximate surface area is 128 Å². The summed E-state index contributed by atoms with van der Waals surface area (Å²) in [5.41, 5.74) is 0.213. The Bertz CT molecular complexity index is 389. The lowest BCUT2D eigenvalue weighted by atomic mass is 9.90. The van der Waals surface area contributed by atoms with Crippen molar-refractivity contribution in [2.45, 2.75) is 62.4 Å².